The third kappa shape index (κ3) is 2.49. The predicted molar refractivity (Wildman–Crippen MR) is 54.8 cm³/mol. The van der Waals surface area contributed by atoms with Crippen molar-refractivity contribution in [2.75, 3.05) is 13.8 Å². The molecule has 14 heavy (non-hydrogen) atoms. The third-order valence-corrected chi connectivity index (χ3v) is 1.82. The summed E-state index contributed by atoms with van der Waals surface area (Å²) in [5.41, 5.74) is 5.79. The van der Waals surface area contributed by atoms with Crippen molar-refractivity contribution in [3.05, 3.63) is 23.8 Å². The summed E-state index contributed by atoms with van der Waals surface area (Å²) in [5.74, 6) is 0.219. The third-order valence-electron chi connectivity index (χ3n) is 1.82. The number of halogens is 2. The first-order valence-corrected chi connectivity index (χ1v) is 3.88. The van der Waals surface area contributed by atoms with Gasteiger partial charge in [0.15, 0.2) is 11.5 Å². The number of ether oxygens (including phenoxy) is 1. The average Bonchev–Trinajstić information content (AvgIpc) is 2.17. The highest BCUT2D eigenvalue weighted by molar-refractivity contribution is 5.85. The summed E-state index contributed by atoms with van der Waals surface area (Å²) < 4.78 is 17.1. The second-order valence-electron chi connectivity index (χ2n) is 2.66. The van der Waals surface area contributed by atoms with Crippen LogP contribution in [0.5, 0.6) is 11.5 Å². The Morgan fingerprint density at radius 3 is 2.71 bits per heavy atom. The summed E-state index contributed by atoms with van der Waals surface area (Å²) in [6.07, 6.45) is 0. The van der Waals surface area contributed by atoms with E-state index in [0.717, 1.165) is 0 Å². The highest BCUT2D eigenvalue weighted by atomic mass is 35.5. The van der Waals surface area contributed by atoms with Crippen molar-refractivity contribution in [2.24, 2.45) is 5.73 Å². The zero-order chi connectivity index (χ0) is 9.84. The van der Waals surface area contributed by atoms with Crippen molar-refractivity contribution in [1.82, 2.24) is 0 Å². The second-order valence-corrected chi connectivity index (χ2v) is 2.66. The van der Waals surface area contributed by atoms with E-state index in [2.05, 4.69) is 0 Å². The molecule has 1 aromatic carbocycles. The van der Waals surface area contributed by atoms with Gasteiger partial charge in [0, 0.05) is 5.56 Å². The monoisotopic (exact) mass is 221 g/mol. The van der Waals surface area contributed by atoms with Gasteiger partial charge in [-0.25, -0.2) is 4.39 Å². The zero-order valence-corrected chi connectivity index (χ0v) is 8.55. The van der Waals surface area contributed by atoms with E-state index in [1.165, 1.54) is 7.11 Å². The van der Waals surface area contributed by atoms with E-state index in [1.54, 1.807) is 18.2 Å². The van der Waals surface area contributed by atoms with Crippen molar-refractivity contribution < 1.29 is 14.2 Å². The van der Waals surface area contributed by atoms with Crippen molar-refractivity contribution >= 4 is 12.4 Å². The number of alkyl halides is 1. The molecule has 80 valence electrons. The van der Waals surface area contributed by atoms with Crippen LogP contribution in [-0.4, -0.2) is 18.9 Å². The SMILES string of the molecule is COc1cccc([C@H](N)CF)c1O.Cl. The van der Waals surface area contributed by atoms with Crippen LogP contribution in [0.25, 0.3) is 0 Å². The fourth-order valence-corrected chi connectivity index (χ4v) is 1.09. The lowest BCUT2D eigenvalue weighted by Gasteiger charge is -2.11. The molecule has 5 heteroatoms. The maximum atomic E-state index is 12.2. The first kappa shape index (κ1) is 13.0. The van der Waals surface area contributed by atoms with Gasteiger partial charge in [-0.3, -0.25) is 0 Å². The standard InChI is InChI=1S/C9H12FNO2.ClH/c1-13-8-4-2-3-6(9(8)12)7(11)5-10;/h2-4,7,12H,5,11H2,1H3;1H/t7-;/m1./s1. The number of benzene rings is 1. The summed E-state index contributed by atoms with van der Waals surface area (Å²) in [6.45, 7) is -0.708. The van der Waals surface area contributed by atoms with Crippen LogP contribution in [0.4, 0.5) is 4.39 Å². The van der Waals surface area contributed by atoms with E-state index in [9.17, 15) is 9.50 Å². The predicted octanol–water partition coefficient (Wildman–Crippen LogP) is 1.79. The maximum absolute atomic E-state index is 12.2. The first-order chi connectivity index (χ1) is 6.20. The molecule has 0 heterocycles. The van der Waals surface area contributed by atoms with Gasteiger partial charge in [0.05, 0.1) is 13.2 Å². The molecule has 0 saturated heterocycles. The number of methoxy groups -OCH3 is 1. The minimum Gasteiger partial charge on any atom is -0.504 e. The van der Waals surface area contributed by atoms with Gasteiger partial charge in [-0.1, -0.05) is 12.1 Å². The summed E-state index contributed by atoms with van der Waals surface area (Å²) in [5, 5.41) is 9.52. The van der Waals surface area contributed by atoms with Crippen LogP contribution in [0.15, 0.2) is 18.2 Å². The van der Waals surface area contributed by atoms with Crippen molar-refractivity contribution in [2.45, 2.75) is 6.04 Å². The summed E-state index contributed by atoms with van der Waals surface area (Å²) >= 11 is 0. The van der Waals surface area contributed by atoms with Crippen LogP contribution < -0.4 is 10.5 Å². The molecule has 0 aromatic heterocycles. The van der Waals surface area contributed by atoms with Crippen LogP contribution in [-0.2, 0) is 0 Å². The molecule has 1 atom stereocenters. The van der Waals surface area contributed by atoms with E-state index >= 15 is 0 Å². The van der Waals surface area contributed by atoms with Gasteiger partial charge in [-0.05, 0) is 6.07 Å². The minimum atomic E-state index is -0.796. The molecular formula is C9H13ClFNO2. The second kappa shape index (κ2) is 5.67. The molecule has 0 aliphatic carbocycles. The lowest BCUT2D eigenvalue weighted by Crippen LogP contribution is -2.12. The van der Waals surface area contributed by atoms with Gasteiger partial charge in [-0.2, -0.15) is 0 Å². The highest BCUT2D eigenvalue weighted by Crippen LogP contribution is 2.32. The number of phenols is 1. The van der Waals surface area contributed by atoms with Crippen LogP contribution in [0, 0.1) is 0 Å². The average molecular weight is 222 g/mol. The van der Waals surface area contributed by atoms with Crippen LogP contribution in [0.2, 0.25) is 0 Å². The smallest absolute Gasteiger partial charge is 0.162 e. The summed E-state index contributed by atoms with van der Waals surface area (Å²) in [4.78, 5) is 0. The Morgan fingerprint density at radius 1 is 1.57 bits per heavy atom. The molecule has 0 radical (unpaired) electrons. The summed E-state index contributed by atoms with van der Waals surface area (Å²) in [7, 11) is 1.43. The van der Waals surface area contributed by atoms with E-state index < -0.39 is 12.7 Å². The molecule has 0 aliphatic rings. The van der Waals surface area contributed by atoms with E-state index in [-0.39, 0.29) is 18.2 Å². The number of phenolic OH excluding ortho intramolecular Hbond substituents is 1. The molecule has 3 nitrogen and oxygen atoms in total. The number of para-hydroxylation sites is 1. The van der Waals surface area contributed by atoms with Crippen LogP contribution >= 0.6 is 12.4 Å². The van der Waals surface area contributed by atoms with E-state index in [1.807, 2.05) is 0 Å². The highest BCUT2D eigenvalue weighted by Gasteiger charge is 2.13. The van der Waals surface area contributed by atoms with E-state index in [4.69, 9.17) is 10.5 Å². The molecule has 0 amide bonds. The van der Waals surface area contributed by atoms with Gasteiger partial charge in [-0.15, -0.1) is 12.4 Å². The maximum Gasteiger partial charge on any atom is 0.162 e. The van der Waals surface area contributed by atoms with Gasteiger partial charge in [0.1, 0.15) is 6.67 Å². The Hall–Kier alpha value is -1.00. The fourth-order valence-electron chi connectivity index (χ4n) is 1.09. The minimum absolute atomic E-state index is 0. The lowest BCUT2D eigenvalue weighted by atomic mass is 10.1. The van der Waals surface area contributed by atoms with Crippen molar-refractivity contribution in [1.29, 1.82) is 0 Å². The van der Waals surface area contributed by atoms with Gasteiger partial charge < -0.3 is 15.6 Å². The number of nitrogens with two attached hydrogens (primary N) is 1. The van der Waals surface area contributed by atoms with Crippen LogP contribution in [0.1, 0.15) is 11.6 Å². The molecule has 0 aliphatic heterocycles. The van der Waals surface area contributed by atoms with Gasteiger partial charge in [0.25, 0.3) is 0 Å². The zero-order valence-electron chi connectivity index (χ0n) is 7.74. The molecular weight excluding hydrogens is 209 g/mol. The van der Waals surface area contributed by atoms with Crippen molar-refractivity contribution in [3.8, 4) is 11.5 Å². The van der Waals surface area contributed by atoms with Crippen LogP contribution in [0.3, 0.4) is 0 Å². The Kier molecular flexibility index (Phi) is 5.27. The molecule has 0 unspecified atom stereocenters. The van der Waals surface area contributed by atoms with Crippen molar-refractivity contribution in [3.63, 3.8) is 0 Å². The Labute approximate surface area is 88.1 Å². The Bertz CT molecular complexity index is 296. The fraction of sp³-hybridized carbons (Fsp3) is 0.333. The molecule has 1 aromatic rings. The number of hydrogen-bond acceptors (Lipinski definition) is 3. The largest absolute Gasteiger partial charge is 0.504 e. The van der Waals surface area contributed by atoms with E-state index in [0.29, 0.717) is 11.3 Å². The molecule has 3 N–H and O–H groups in total. The topological polar surface area (TPSA) is 55.5 Å². The lowest BCUT2D eigenvalue weighted by molar-refractivity contribution is 0.362. The number of rotatable bonds is 3. The molecule has 0 spiro atoms. The molecule has 0 fully saturated rings. The molecule has 0 saturated carbocycles. The van der Waals surface area contributed by atoms with Gasteiger partial charge >= 0.3 is 0 Å². The molecule has 0 bridgehead atoms. The first-order valence-electron chi connectivity index (χ1n) is 3.88. The molecule has 1 rings (SSSR count). The Morgan fingerprint density at radius 2 is 2.21 bits per heavy atom. The Balaban J connectivity index is 0.00000169. The quantitative estimate of drug-likeness (QED) is 0.818. The summed E-state index contributed by atoms with van der Waals surface area (Å²) in [6, 6.07) is 4.02. The normalized spacial score (nSPS) is 11.6. The van der Waals surface area contributed by atoms with Gasteiger partial charge in [0.2, 0.25) is 0 Å². The number of aromatic hydroxyl groups is 1. The number of hydrogen-bond donors (Lipinski definition) is 2.